The Hall–Kier alpha value is -3.09. The van der Waals surface area contributed by atoms with Gasteiger partial charge in [0.05, 0.1) is 12.8 Å². The van der Waals surface area contributed by atoms with Crippen LogP contribution in [0, 0.1) is 0 Å². The van der Waals surface area contributed by atoms with Gasteiger partial charge in [0.15, 0.2) is 5.82 Å². The molecule has 1 fully saturated rings. The lowest BCUT2D eigenvalue weighted by molar-refractivity contribution is -0.131. The van der Waals surface area contributed by atoms with Crippen LogP contribution in [0.1, 0.15) is 36.1 Å². The number of ether oxygens (including phenoxy) is 1. The minimum Gasteiger partial charge on any atom is -0.497 e. The fraction of sp³-hybridized carbons (Fsp3) is 0.458. The molecule has 0 radical (unpaired) electrons. The van der Waals surface area contributed by atoms with Crippen molar-refractivity contribution in [3.05, 3.63) is 53.5 Å². The number of carbonyl (C=O) groups excluding carboxylic acids is 1. The maximum atomic E-state index is 12.8. The molecule has 7 nitrogen and oxygen atoms in total. The van der Waals surface area contributed by atoms with E-state index in [1.807, 2.05) is 46.1 Å². The zero-order valence-electron chi connectivity index (χ0n) is 18.1. The molecule has 31 heavy (non-hydrogen) atoms. The van der Waals surface area contributed by atoms with Crippen LogP contribution in [0.3, 0.4) is 0 Å². The number of fused-ring (bicyclic) bond motifs is 3. The summed E-state index contributed by atoms with van der Waals surface area (Å²) in [6.45, 7) is 3.07. The predicted molar refractivity (Wildman–Crippen MR) is 120 cm³/mol. The summed E-state index contributed by atoms with van der Waals surface area (Å²) in [6, 6.07) is 7.95. The van der Waals surface area contributed by atoms with Crippen molar-refractivity contribution in [1.82, 2.24) is 19.5 Å². The van der Waals surface area contributed by atoms with Gasteiger partial charge >= 0.3 is 0 Å². The molecule has 0 saturated carbocycles. The molecule has 1 aromatic carbocycles. The highest BCUT2D eigenvalue weighted by molar-refractivity contribution is 5.78. The second-order valence-corrected chi connectivity index (χ2v) is 8.40. The minimum absolute atomic E-state index is 0.218. The molecule has 0 bridgehead atoms. The Morgan fingerprint density at radius 2 is 1.97 bits per heavy atom. The Bertz CT molecular complexity index is 1080. The molecule has 2 aromatic heterocycles. The van der Waals surface area contributed by atoms with Crippen LogP contribution < -0.4 is 9.64 Å². The first kappa shape index (κ1) is 19.8. The van der Waals surface area contributed by atoms with E-state index in [2.05, 4.69) is 4.90 Å². The second kappa shape index (κ2) is 8.57. The van der Waals surface area contributed by atoms with Gasteiger partial charge in [-0.3, -0.25) is 4.79 Å². The number of amides is 1. The first-order chi connectivity index (χ1) is 15.2. The average molecular weight is 420 g/mol. The van der Waals surface area contributed by atoms with Gasteiger partial charge in [-0.25, -0.2) is 9.50 Å². The van der Waals surface area contributed by atoms with Crippen LogP contribution in [0.25, 0.3) is 5.52 Å². The molecule has 1 saturated heterocycles. The van der Waals surface area contributed by atoms with E-state index in [1.165, 1.54) is 24.1 Å². The number of methoxy groups -OCH3 is 1. The number of nitrogens with zero attached hydrogens (tertiary/aromatic N) is 5. The number of benzene rings is 1. The lowest BCUT2D eigenvalue weighted by Crippen LogP contribution is -2.49. The highest BCUT2D eigenvalue weighted by Gasteiger charge is 2.26. The number of rotatable bonds is 5. The standard InChI is InChI=1S/C24H29N5O2/c1-31-19-6-4-5-18(17-19)9-10-22(30)27-13-15-28(16-14-27)24-23-20-7-2-3-8-21(20)26-29(23)12-11-25-24/h4-6,11-12,17H,2-3,7-10,13-16H2,1H3. The van der Waals surface area contributed by atoms with E-state index in [0.29, 0.717) is 6.42 Å². The van der Waals surface area contributed by atoms with Crippen molar-refractivity contribution >= 4 is 17.2 Å². The van der Waals surface area contributed by atoms with Crippen LogP contribution in [0.4, 0.5) is 5.82 Å². The van der Waals surface area contributed by atoms with Crippen LogP contribution in [0.15, 0.2) is 36.7 Å². The fourth-order valence-corrected chi connectivity index (χ4v) is 4.78. The van der Waals surface area contributed by atoms with Gasteiger partial charge in [-0.2, -0.15) is 5.10 Å². The van der Waals surface area contributed by atoms with Gasteiger partial charge in [0.1, 0.15) is 11.3 Å². The number of hydrogen-bond donors (Lipinski definition) is 0. The molecule has 7 heteroatoms. The largest absolute Gasteiger partial charge is 0.497 e. The Kier molecular flexibility index (Phi) is 5.49. The van der Waals surface area contributed by atoms with E-state index < -0.39 is 0 Å². The first-order valence-corrected chi connectivity index (χ1v) is 11.2. The Morgan fingerprint density at radius 1 is 1.13 bits per heavy atom. The third kappa shape index (κ3) is 3.96. The van der Waals surface area contributed by atoms with Crippen molar-refractivity contribution in [3.63, 3.8) is 0 Å². The van der Waals surface area contributed by atoms with E-state index >= 15 is 0 Å². The molecule has 1 amide bonds. The summed E-state index contributed by atoms with van der Waals surface area (Å²) in [4.78, 5) is 21.8. The quantitative estimate of drug-likeness (QED) is 0.636. The molecular weight excluding hydrogens is 390 g/mol. The molecule has 3 aromatic rings. The number of anilines is 1. The molecule has 1 aliphatic heterocycles. The van der Waals surface area contributed by atoms with Crippen LogP contribution >= 0.6 is 0 Å². The molecule has 0 atom stereocenters. The number of piperazine rings is 1. The van der Waals surface area contributed by atoms with Crippen molar-refractivity contribution in [1.29, 1.82) is 0 Å². The molecule has 0 N–H and O–H groups in total. The van der Waals surface area contributed by atoms with Crippen molar-refractivity contribution < 1.29 is 9.53 Å². The summed E-state index contributed by atoms with van der Waals surface area (Å²) >= 11 is 0. The van der Waals surface area contributed by atoms with Crippen molar-refractivity contribution in [2.24, 2.45) is 0 Å². The van der Waals surface area contributed by atoms with Gasteiger partial charge in [0.25, 0.3) is 0 Å². The maximum absolute atomic E-state index is 12.8. The van der Waals surface area contributed by atoms with E-state index in [0.717, 1.165) is 68.1 Å². The summed E-state index contributed by atoms with van der Waals surface area (Å²) < 4.78 is 7.28. The van der Waals surface area contributed by atoms with Crippen molar-refractivity contribution in [3.8, 4) is 5.75 Å². The Balaban J connectivity index is 1.23. The summed E-state index contributed by atoms with van der Waals surface area (Å²) in [5.41, 5.74) is 4.89. The minimum atomic E-state index is 0.218. The zero-order chi connectivity index (χ0) is 21.2. The Labute approximate surface area is 182 Å². The third-order valence-corrected chi connectivity index (χ3v) is 6.49. The topological polar surface area (TPSA) is 63.0 Å². The summed E-state index contributed by atoms with van der Waals surface area (Å²) in [5.74, 6) is 2.07. The Morgan fingerprint density at radius 3 is 2.81 bits per heavy atom. The molecule has 1 aliphatic carbocycles. The molecule has 162 valence electrons. The lowest BCUT2D eigenvalue weighted by Gasteiger charge is -2.35. The highest BCUT2D eigenvalue weighted by Crippen LogP contribution is 2.30. The summed E-state index contributed by atoms with van der Waals surface area (Å²) in [6.07, 6.45) is 9.64. The number of aryl methyl sites for hydroxylation is 3. The van der Waals surface area contributed by atoms with Crippen LogP contribution in [0.5, 0.6) is 5.75 Å². The SMILES string of the molecule is COc1cccc(CCC(=O)N2CCN(c3nccn4nc5c(c34)CCCC5)CC2)c1. The van der Waals surface area contributed by atoms with E-state index in [-0.39, 0.29) is 5.91 Å². The van der Waals surface area contributed by atoms with E-state index in [1.54, 1.807) is 7.11 Å². The molecular formula is C24H29N5O2. The van der Waals surface area contributed by atoms with Crippen LogP contribution in [0.2, 0.25) is 0 Å². The number of hydrogen-bond acceptors (Lipinski definition) is 5. The summed E-state index contributed by atoms with van der Waals surface area (Å²) in [7, 11) is 1.67. The van der Waals surface area contributed by atoms with Gasteiger partial charge < -0.3 is 14.5 Å². The van der Waals surface area contributed by atoms with E-state index in [9.17, 15) is 4.79 Å². The predicted octanol–water partition coefficient (Wildman–Crippen LogP) is 2.90. The van der Waals surface area contributed by atoms with Gasteiger partial charge in [-0.1, -0.05) is 12.1 Å². The second-order valence-electron chi connectivity index (χ2n) is 8.40. The van der Waals surface area contributed by atoms with Gasteiger partial charge in [0.2, 0.25) is 5.91 Å². The van der Waals surface area contributed by atoms with Gasteiger partial charge in [-0.05, 0) is 49.8 Å². The third-order valence-electron chi connectivity index (χ3n) is 6.49. The van der Waals surface area contributed by atoms with Crippen molar-refractivity contribution in [2.75, 3.05) is 38.2 Å². The van der Waals surface area contributed by atoms with Crippen LogP contribution in [-0.2, 0) is 24.1 Å². The van der Waals surface area contributed by atoms with Gasteiger partial charge in [0, 0.05) is 50.6 Å². The molecule has 3 heterocycles. The van der Waals surface area contributed by atoms with E-state index in [4.69, 9.17) is 14.8 Å². The maximum Gasteiger partial charge on any atom is 0.223 e. The average Bonchev–Trinajstić information content (AvgIpc) is 3.21. The zero-order valence-corrected chi connectivity index (χ0v) is 18.1. The van der Waals surface area contributed by atoms with Crippen molar-refractivity contribution in [2.45, 2.75) is 38.5 Å². The molecule has 0 unspecified atom stereocenters. The molecule has 5 rings (SSSR count). The molecule has 0 spiro atoms. The monoisotopic (exact) mass is 419 g/mol. The smallest absolute Gasteiger partial charge is 0.223 e. The number of aromatic nitrogens is 3. The first-order valence-electron chi connectivity index (χ1n) is 11.2. The highest BCUT2D eigenvalue weighted by atomic mass is 16.5. The lowest BCUT2D eigenvalue weighted by atomic mass is 9.97. The fourth-order valence-electron chi connectivity index (χ4n) is 4.78. The number of carbonyl (C=O) groups is 1. The van der Waals surface area contributed by atoms with Crippen LogP contribution in [-0.4, -0.2) is 58.7 Å². The molecule has 2 aliphatic rings. The summed E-state index contributed by atoms with van der Waals surface area (Å²) in [5, 5.41) is 4.79. The normalized spacial score (nSPS) is 16.4. The van der Waals surface area contributed by atoms with Gasteiger partial charge in [-0.15, -0.1) is 0 Å².